The molecule has 0 unspecified atom stereocenters. The first kappa shape index (κ1) is 14.6. The number of ether oxygens (including phenoxy) is 1. The van der Waals surface area contributed by atoms with Crippen molar-refractivity contribution in [2.24, 2.45) is 11.3 Å². The van der Waals surface area contributed by atoms with Crippen molar-refractivity contribution in [2.45, 2.75) is 65.1 Å². The molecular formula is C15H27NO3. The smallest absolute Gasteiger partial charge is 0.410 e. The van der Waals surface area contributed by atoms with Gasteiger partial charge in [0.1, 0.15) is 5.60 Å². The lowest BCUT2D eigenvalue weighted by Crippen LogP contribution is -2.40. The van der Waals surface area contributed by atoms with Gasteiger partial charge in [0.25, 0.3) is 0 Å². The fraction of sp³-hybridized carbons (Fsp3) is 0.933. The average Bonchev–Trinajstić information content (AvgIpc) is 2.66. The van der Waals surface area contributed by atoms with E-state index in [1.807, 2.05) is 25.7 Å². The van der Waals surface area contributed by atoms with Crippen molar-refractivity contribution in [3.8, 4) is 0 Å². The van der Waals surface area contributed by atoms with Crippen LogP contribution in [-0.2, 0) is 4.74 Å². The summed E-state index contributed by atoms with van der Waals surface area (Å²) in [7, 11) is 0. The first-order chi connectivity index (χ1) is 8.71. The Hall–Kier alpha value is -0.770. The number of likely N-dealkylation sites (tertiary alicyclic amines) is 1. The number of amides is 1. The Bertz CT molecular complexity index is 350. The lowest BCUT2D eigenvalue weighted by atomic mass is 9.68. The predicted molar refractivity (Wildman–Crippen MR) is 73.9 cm³/mol. The van der Waals surface area contributed by atoms with Crippen LogP contribution < -0.4 is 0 Å². The van der Waals surface area contributed by atoms with Gasteiger partial charge >= 0.3 is 6.09 Å². The number of rotatable bonds is 0. The molecule has 110 valence electrons. The molecule has 1 aliphatic carbocycles. The van der Waals surface area contributed by atoms with E-state index < -0.39 is 5.60 Å². The van der Waals surface area contributed by atoms with E-state index in [2.05, 4.69) is 6.92 Å². The maximum atomic E-state index is 12.1. The van der Waals surface area contributed by atoms with Gasteiger partial charge < -0.3 is 14.7 Å². The highest BCUT2D eigenvalue weighted by molar-refractivity contribution is 5.68. The molecule has 2 aliphatic rings. The fourth-order valence-corrected chi connectivity index (χ4v) is 3.45. The molecule has 4 heteroatoms. The van der Waals surface area contributed by atoms with Crippen molar-refractivity contribution in [1.29, 1.82) is 0 Å². The Morgan fingerprint density at radius 3 is 2.63 bits per heavy atom. The molecule has 0 aromatic carbocycles. The Labute approximate surface area is 116 Å². The van der Waals surface area contributed by atoms with Crippen LogP contribution >= 0.6 is 0 Å². The third-order valence-corrected chi connectivity index (χ3v) is 4.47. The lowest BCUT2D eigenvalue weighted by molar-refractivity contribution is 0.00960. The number of aliphatic hydroxyl groups is 1. The van der Waals surface area contributed by atoms with E-state index in [0.717, 1.165) is 38.8 Å². The molecule has 2 rings (SSSR count). The quantitative estimate of drug-likeness (QED) is 0.735. The number of nitrogens with zero attached hydrogens (tertiary/aromatic N) is 1. The molecule has 1 amide bonds. The molecule has 1 aliphatic heterocycles. The molecule has 0 bridgehead atoms. The summed E-state index contributed by atoms with van der Waals surface area (Å²) in [6.07, 6.45) is 3.60. The van der Waals surface area contributed by atoms with Gasteiger partial charge in [0.15, 0.2) is 0 Å². The topological polar surface area (TPSA) is 49.8 Å². The van der Waals surface area contributed by atoms with Crippen molar-refractivity contribution in [1.82, 2.24) is 4.90 Å². The second-order valence-electron chi connectivity index (χ2n) is 7.44. The Kier molecular flexibility index (Phi) is 3.83. The minimum atomic E-state index is -0.428. The summed E-state index contributed by atoms with van der Waals surface area (Å²) < 4.78 is 5.44. The van der Waals surface area contributed by atoms with Crippen molar-refractivity contribution in [3.63, 3.8) is 0 Å². The summed E-state index contributed by atoms with van der Waals surface area (Å²) in [5, 5.41) is 9.84. The molecule has 1 spiro atoms. The van der Waals surface area contributed by atoms with Gasteiger partial charge in [-0.05, 0) is 57.8 Å². The van der Waals surface area contributed by atoms with E-state index in [9.17, 15) is 9.90 Å². The van der Waals surface area contributed by atoms with Crippen molar-refractivity contribution < 1.29 is 14.6 Å². The zero-order valence-corrected chi connectivity index (χ0v) is 12.6. The van der Waals surface area contributed by atoms with Crippen LogP contribution in [0.25, 0.3) is 0 Å². The van der Waals surface area contributed by atoms with Gasteiger partial charge in [0.05, 0.1) is 6.10 Å². The number of carbonyl (C=O) groups is 1. The molecular weight excluding hydrogens is 242 g/mol. The van der Waals surface area contributed by atoms with Gasteiger partial charge in [-0.15, -0.1) is 0 Å². The van der Waals surface area contributed by atoms with Crippen LogP contribution in [0.3, 0.4) is 0 Å². The third kappa shape index (κ3) is 3.41. The molecule has 1 N–H and O–H groups in total. The largest absolute Gasteiger partial charge is 0.444 e. The third-order valence-electron chi connectivity index (χ3n) is 4.47. The molecule has 1 saturated heterocycles. The summed E-state index contributed by atoms with van der Waals surface area (Å²) in [4.78, 5) is 13.9. The van der Waals surface area contributed by atoms with Crippen molar-refractivity contribution >= 4 is 6.09 Å². The van der Waals surface area contributed by atoms with E-state index >= 15 is 0 Å². The molecule has 1 saturated carbocycles. The van der Waals surface area contributed by atoms with Gasteiger partial charge in [-0.1, -0.05) is 6.92 Å². The average molecular weight is 269 g/mol. The molecule has 4 nitrogen and oxygen atoms in total. The van der Waals surface area contributed by atoms with E-state index in [-0.39, 0.29) is 17.6 Å². The molecule has 19 heavy (non-hydrogen) atoms. The molecule has 2 fully saturated rings. The molecule has 1 heterocycles. The number of aliphatic hydroxyl groups excluding tert-OH is 1. The highest BCUT2D eigenvalue weighted by atomic mass is 16.6. The maximum Gasteiger partial charge on any atom is 0.410 e. The molecule has 0 aromatic heterocycles. The Balaban J connectivity index is 1.94. The second kappa shape index (κ2) is 4.97. The SMILES string of the molecule is C[C@H]1C[C@]2(CC[C@H]1O)CCN(C(=O)OC(C)(C)C)C2. The van der Waals surface area contributed by atoms with Crippen LogP contribution in [0.5, 0.6) is 0 Å². The van der Waals surface area contributed by atoms with E-state index in [1.165, 1.54) is 0 Å². The summed E-state index contributed by atoms with van der Waals surface area (Å²) in [6, 6.07) is 0. The number of hydrogen-bond acceptors (Lipinski definition) is 3. The highest BCUT2D eigenvalue weighted by Crippen LogP contribution is 2.46. The highest BCUT2D eigenvalue weighted by Gasteiger charge is 2.45. The van der Waals surface area contributed by atoms with Crippen molar-refractivity contribution in [2.75, 3.05) is 13.1 Å². The Morgan fingerprint density at radius 1 is 1.37 bits per heavy atom. The fourth-order valence-electron chi connectivity index (χ4n) is 3.45. The summed E-state index contributed by atoms with van der Waals surface area (Å²) in [5.41, 5.74) is -0.210. The number of hydrogen-bond donors (Lipinski definition) is 1. The van der Waals surface area contributed by atoms with Gasteiger partial charge in [-0.25, -0.2) is 4.79 Å². The zero-order chi connectivity index (χ0) is 14.3. The molecule has 0 radical (unpaired) electrons. The summed E-state index contributed by atoms with van der Waals surface area (Å²) >= 11 is 0. The normalized spacial score (nSPS) is 35.7. The van der Waals surface area contributed by atoms with Crippen LogP contribution in [0.2, 0.25) is 0 Å². The van der Waals surface area contributed by atoms with Crippen LogP contribution in [0, 0.1) is 11.3 Å². The summed E-state index contributed by atoms with van der Waals surface area (Å²) in [5.74, 6) is 0.340. The van der Waals surface area contributed by atoms with Crippen LogP contribution in [0.15, 0.2) is 0 Å². The van der Waals surface area contributed by atoms with E-state index in [0.29, 0.717) is 5.92 Å². The van der Waals surface area contributed by atoms with Gasteiger partial charge in [-0.2, -0.15) is 0 Å². The van der Waals surface area contributed by atoms with Gasteiger partial charge in [0, 0.05) is 13.1 Å². The summed E-state index contributed by atoms with van der Waals surface area (Å²) in [6.45, 7) is 9.39. The molecule has 3 atom stereocenters. The van der Waals surface area contributed by atoms with Crippen LogP contribution in [-0.4, -0.2) is 40.9 Å². The molecule has 0 aromatic rings. The maximum absolute atomic E-state index is 12.1. The lowest BCUT2D eigenvalue weighted by Gasteiger charge is -2.39. The van der Waals surface area contributed by atoms with E-state index in [1.54, 1.807) is 0 Å². The van der Waals surface area contributed by atoms with Crippen LogP contribution in [0.1, 0.15) is 53.4 Å². The van der Waals surface area contributed by atoms with Crippen LogP contribution in [0.4, 0.5) is 4.79 Å². The van der Waals surface area contributed by atoms with Crippen molar-refractivity contribution in [3.05, 3.63) is 0 Å². The predicted octanol–water partition coefficient (Wildman–Crippen LogP) is 2.79. The second-order valence-corrected chi connectivity index (χ2v) is 7.44. The number of carbonyl (C=O) groups excluding carboxylic acids is 1. The first-order valence-corrected chi connectivity index (χ1v) is 7.37. The minimum Gasteiger partial charge on any atom is -0.444 e. The monoisotopic (exact) mass is 269 g/mol. The van der Waals surface area contributed by atoms with Gasteiger partial charge in [0.2, 0.25) is 0 Å². The van der Waals surface area contributed by atoms with E-state index in [4.69, 9.17) is 4.74 Å². The first-order valence-electron chi connectivity index (χ1n) is 7.37. The standard InChI is InChI=1S/C15H27NO3/c1-11-9-15(6-5-12(11)17)7-8-16(10-15)13(18)19-14(2,3)4/h11-12,17H,5-10H2,1-4H3/t11-,12+,15-/m0/s1. The zero-order valence-electron chi connectivity index (χ0n) is 12.6. The Morgan fingerprint density at radius 2 is 2.05 bits per heavy atom. The minimum absolute atomic E-state index is 0.166. The van der Waals surface area contributed by atoms with Gasteiger partial charge in [-0.3, -0.25) is 0 Å².